The Morgan fingerprint density at radius 2 is 1.68 bits per heavy atom. The van der Waals surface area contributed by atoms with Crippen molar-refractivity contribution >= 4 is 27.3 Å². The fourth-order valence-corrected chi connectivity index (χ4v) is 5.17. The van der Waals surface area contributed by atoms with Crippen molar-refractivity contribution in [3.8, 4) is 0 Å². The SMILES string of the molecule is Cc1ccc(S(=O)(=O)N(CC(=O)N2CCCc3ccccc32)c2ccc(F)cc2)cc1. The number of benzene rings is 3. The standard InChI is InChI=1S/C24H23FN2O3S/c1-18-8-14-22(15-9-18)31(29,30)27(21-12-10-20(25)11-13-21)17-24(28)26-16-4-6-19-5-2-3-7-23(19)26/h2-3,5,7-15H,4,6,16-17H2,1H3. The zero-order chi connectivity index (χ0) is 22.0. The Balaban J connectivity index is 1.71. The zero-order valence-electron chi connectivity index (χ0n) is 17.2. The Kier molecular flexibility index (Phi) is 5.78. The van der Waals surface area contributed by atoms with Crippen LogP contribution in [-0.2, 0) is 21.2 Å². The molecule has 3 aromatic rings. The molecule has 1 heterocycles. The highest BCUT2D eigenvalue weighted by atomic mass is 32.2. The number of hydrogen-bond donors (Lipinski definition) is 0. The highest BCUT2D eigenvalue weighted by Gasteiger charge is 2.30. The normalized spacial score (nSPS) is 13.5. The third kappa shape index (κ3) is 4.32. The van der Waals surface area contributed by atoms with E-state index >= 15 is 0 Å². The second-order valence-corrected chi connectivity index (χ2v) is 9.44. The van der Waals surface area contributed by atoms with Crippen molar-refractivity contribution in [2.45, 2.75) is 24.7 Å². The molecule has 1 aliphatic rings. The van der Waals surface area contributed by atoms with Gasteiger partial charge in [0, 0.05) is 12.2 Å². The quantitative estimate of drug-likeness (QED) is 0.597. The summed E-state index contributed by atoms with van der Waals surface area (Å²) in [4.78, 5) is 15.0. The Morgan fingerprint density at radius 3 is 2.39 bits per heavy atom. The van der Waals surface area contributed by atoms with Gasteiger partial charge in [0.1, 0.15) is 12.4 Å². The van der Waals surface area contributed by atoms with E-state index in [1.165, 1.54) is 36.4 Å². The molecule has 7 heteroatoms. The molecule has 0 atom stereocenters. The summed E-state index contributed by atoms with van der Waals surface area (Å²) >= 11 is 0. The minimum absolute atomic E-state index is 0.0780. The molecule has 0 aromatic heterocycles. The van der Waals surface area contributed by atoms with E-state index in [-0.39, 0.29) is 23.0 Å². The minimum Gasteiger partial charge on any atom is -0.311 e. The van der Waals surface area contributed by atoms with Crippen LogP contribution in [0.4, 0.5) is 15.8 Å². The topological polar surface area (TPSA) is 57.7 Å². The number of carbonyl (C=O) groups excluding carboxylic acids is 1. The number of halogens is 1. The molecule has 1 aliphatic heterocycles. The molecular formula is C24H23FN2O3S. The van der Waals surface area contributed by atoms with E-state index in [2.05, 4.69) is 0 Å². The monoisotopic (exact) mass is 438 g/mol. The number of rotatable bonds is 5. The first-order valence-corrected chi connectivity index (χ1v) is 11.5. The summed E-state index contributed by atoms with van der Waals surface area (Å²) in [5.41, 5.74) is 3.04. The van der Waals surface area contributed by atoms with Gasteiger partial charge >= 0.3 is 0 Å². The largest absolute Gasteiger partial charge is 0.311 e. The molecule has 1 amide bonds. The first kappa shape index (κ1) is 21.1. The van der Waals surface area contributed by atoms with Gasteiger partial charge in [0.25, 0.3) is 10.0 Å². The highest BCUT2D eigenvalue weighted by Crippen LogP contribution is 2.29. The summed E-state index contributed by atoms with van der Waals surface area (Å²) in [5, 5.41) is 0. The van der Waals surface area contributed by atoms with Crippen molar-refractivity contribution in [2.75, 3.05) is 22.3 Å². The Hall–Kier alpha value is -3.19. The first-order valence-electron chi connectivity index (χ1n) is 10.1. The number of aryl methyl sites for hydroxylation is 2. The van der Waals surface area contributed by atoms with E-state index in [1.54, 1.807) is 17.0 Å². The second kappa shape index (κ2) is 8.51. The van der Waals surface area contributed by atoms with Crippen molar-refractivity contribution in [2.24, 2.45) is 0 Å². The molecule has 0 N–H and O–H groups in total. The van der Waals surface area contributed by atoms with Gasteiger partial charge in [0.2, 0.25) is 5.91 Å². The van der Waals surface area contributed by atoms with E-state index in [1.807, 2.05) is 31.2 Å². The van der Waals surface area contributed by atoms with Crippen molar-refractivity contribution in [3.63, 3.8) is 0 Å². The van der Waals surface area contributed by atoms with Crippen LogP contribution in [0.1, 0.15) is 17.5 Å². The molecule has 0 aliphatic carbocycles. The fraction of sp³-hybridized carbons (Fsp3) is 0.208. The van der Waals surface area contributed by atoms with Crippen LogP contribution in [0.25, 0.3) is 0 Å². The molecule has 0 saturated carbocycles. The molecule has 160 valence electrons. The van der Waals surface area contributed by atoms with Gasteiger partial charge in [-0.25, -0.2) is 12.8 Å². The van der Waals surface area contributed by atoms with Gasteiger partial charge in [-0.3, -0.25) is 9.10 Å². The van der Waals surface area contributed by atoms with Crippen molar-refractivity contribution in [1.82, 2.24) is 0 Å². The van der Waals surface area contributed by atoms with Crippen LogP contribution in [0.15, 0.2) is 77.7 Å². The van der Waals surface area contributed by atoms with Crippen molar-refractivity contribution in [1.29, 1.82) is 0 Å². The molecule has 0 bridgehead atoms. The van der Waals surface area contributed by atoms with E-state index in [9.17, 15) is 17.6 Å². The lowest BCUT2D eigenvalue weighted by molar-refractivity contribution is -0.117. The van der Waals surface area contributed by atoms with Crippen LogP contribution in [0.2, 0.25) is 0 Å². The van der Waals surface area contributed by atoms with Crippen LogP contribution >= 0.6 is 0 Å². The fourth-order valence-electron chi connectivity index (χ4n) is 3.76. The number of nitrogens with zero attached hydrogens (tertiary/aromatic N) is 2. The summed E-state index contributed by atoms with van der Waals surface area (Å²) in [6.45, 7) is 2.01. The molecule has 0 saturated heterocycles. The maximum absolute atomic E-state index is 13.5. The summed E-state index contributed by atoms with van der Waals surface area (Å²) in [6.07, 6.45) is 1.69. The number of fused-ring (bicyclic) bond motifs is 1. The molecule has 0 spiro atoms. The summed E-state index contributed by atoms with van der Waals surface area (Å²) in [6, 6.07) is 19.2. The predicted octanol–water partition coefficient (Wildman–Crippen LogP) is 4.31. The molecule has 4 rings (SSSR count). The Morgan fingerprint density at radius 1 is 1.00 bits per heavy atom. The van der Waals surface area contributed by atoms with Crippen LogP contribution < -0.4 is 9.21 Å². The smallest absolute Gasteiger partial charge is 0.264 e. The van der Waals surface area contributed by atoms with Crippen molar-refractivity contribution < 1.29 is 17.6 Å². The van der Waals surface area contributed by atoms with E-state index in [0.29, 0.717) is 6.54 Å². The number of carbonyl (C=O) groups is 1. The summed E-state index contributed by atoms with van der Waals surface area (Å²) < 4.78 is 41.5. The molecule has 0 unspecified atom stereocenters. The average molecular weight is 439 g/mol. The third-order valence-corrected chi connectivity index (χ3v) is 7.20. The number of hydrogen-bond acceptors (Lipinski definition) is 3. The summed E-state index contributed by atoms with van der Waals surface area (Å²) in [5.74, 6) is -0.806. The molecule has 0 fully saturated rings. The molecule has 31 heavy (non-hydrogen) atoms. The van der Waals surface area contributed by atoms with Crippen LogP contribution in [0.3, 0.4) is 0 Å². The van der Waals surface area contributed by atoms with Gasteiger partial charge in [-0.05, 0) is 67.8 Å². The third-order valence-electron chi connectivity index (χ3n) is 5.41. The van der Waals surface area contributed by atoms with Gasteiger partial charge in [-0.2, -0.15) is 0 Å². The summed E-state index contributed by atoms with van der Waals surface area (Å²) in [7, 11) is -4.03. The molecule has 0 radical (unpaired) electrons. The van der Waals surface area contributed by atoms with Crippen LogP contribution in [0, 0.1) is 12.7 Å². The lowest BCUT2D eigenvalue weighted by Gasteiger charge is -2.32. The van der Waals surface area contributed by atoms with E-state index in [4.69, 9.17) is 0 Å². The lowest BCUT2D eigenvalue weighted by atomic mass is 10.0. The molecular weight excluding hydrogens is 415 g/mol. The minimum atomic E-state index is -4.03. The number of anilines is 2. The maximum Gasteiger partial charge on any atom is 0.264 e. The van der Waals surface area contributed by atoms with Gasteiger partial charge in [0.05, 0.1) is 10.6 Å². The highest BCUT2D eigenvalue weighted by molar-refractivity contribution is 7.92. The molecule has 3 aromatic carbocycles. The predicted molar refractivity (Wildman–Crippen MR) is 119 cm³/mol. The number of para-hydroxylation sites is 1. The Bertz CT molecular complexity index is 1190. The first-order chi connectivity index (χ1) is 14.9. The van der Waals surface area contributed by atoms with E-state index in [0.717, 1.165) is 34.0 Å². The van der Waals surface area contributed by atoms with Crippen LogP contribution in [0.5, 0.6) is 0 Å². The average Bonchev–Trinajstić information content (AvgIpc) is 2.78. The second-order valence-electron chi connectivity index (χ2n) is 7.58. The van der Waals surface area contributed by atoms with E-state index < -0.39 is 15.8 Å². The zero-order valence-corrected chi connectivity index (χ0v) is 18.0. The van der Waals surface area contributed by atoms with Gasteiger partial charge in [-0.1, -0.05) is 35.9 Å². The lowest BCUT2D eigenvalue weighted by Crippen LogP contribution is -2.45. The Labute approximate surface area is 181 Å². The number of amides is 1. The van der Waals surface area contributed by atoms with Gasteiger partial charge in [-0.15, -0.1) is 0 Å². The maximum atomic E-state index is 13.5. The van der Waals surface area contributed by atoms with Crippen LogP contribution in [-0.4, -0.2) is 27.4 Å². The molecule has 5 nitrogen and oxygen atoms in total. The van der Waals surface area contributed by atoms with Gasteiger partial charge < -0.3 is 4.90 Å². The van der Waals surface area contributed by atoms with Crippen molar-refractivity contribution in [3.05, 3.63) is 89.7 Å². The van der Waals surface area contributed by atoms with Gasteiger partial charge in [0.15, 0.2) is 0 Å². The number of sulfonamides is 1.